The van der Waals surface area contributed by atoms with Gasteiger partial charge in [0, 0.05) is 13.1 Å². The van der Waals surface area contributed by atoms with E-state index in [1.807, 2.05) is 19.2 Å². The SMILES string of the molecule is CN(CC(C)(C)C)C1(CN)CCS(=O)(=O)c2ccccc21. The monoisotopic (exact) mass is 310 g/mol. The molecule has 0 spiro atoms. The predicted molar refractivity (Wildman–Crippen MR) is 85.9 cm³/mol. The fourth-order valence-corrected chi connectivity index (χ4v) is 5.00. The molecule has 0 saturated carbocycles. The normalized spacial score (nSPS) is 24.9. The number of benzene rings is 1. The van der Waals surface area contributed by atoms with Crippen molar-refractivity contribution in [1.82, 2.24) is 4.90 Å². The maximum Gasteiger partial charge on any atom is 0.178 e. The molecule has 21 heavy (non-hydrogen) atoms. The molecule has 0 aliphatic carbocycles. The van der Waals surface area contributed by atoms with Crippen molar-refractivity contribution in [2.24, 2.45) is 11.1 Å². The lowest BCUT2D eigenvalue weighted by atomic mass is 9.83. The van der Waals surface area contributed by atoms with E-state index in [1.165, 1.54) is 0 Å². The highest BCUT2D eigenvalue weighted by atomic mass is 32.2. The molecular weight excluding hydrogens is 284 g/mol. The fourth-order valence-electron chi connectivity index (χ4n) is 3.30. The second-order valence-corrected chi connectivity index (χ2v) is 9.30. The zero-order valence-electron chi connectivity index (χ0n) is 13.4. The molecule has 1 aromatic carbocycles. The molecule has 1 aliphatic heterocycles. The van der Waals surface area contributed by atoms with Gasteiger partial charge in [0.05, 0.1) is 16.2 Å². The fraction of sp³-hybridized carbons (Fsp3) is 0.625. The summed E-state index contributed by atoms with van der Waals surface area (Å²) in [7, 11) is -1.13. The van der Waals surface area contributed by atoms with Gasteiger partial charge in [-0.15, -0.1) is 0 Å². The van der Waals surface area contributed by atoms with Crippen LogP contribution in [0.15, 0.2) is 29.2 Å². The Hall–Kier alpha value is -0.910. The van der Waals surface area contributed by atoms with Crippen LogP contribution in [0.3, 0.4) is 0 Å². The maximum atomic E-state index is 12.3. The van der Waals surface area contributed by atoms with Crippen molar-refractivity contribution in [1.29, 1.82) is 0 Å². The molecule has 2 rings (SSSR count). The quantitative estimate of drug-likeness (QED) is 0.927. The van der Waals surface area contributed by atoms with Crippen molar-refractivity contribution in [2.45, 2.75) is 37.6 Å². The molecular formula is C16H26N2O2S. The van der Waals surface area contributed by atoms with E-state index in [1.54, 1.807) is 12.1 Å². The smallest absolute Gasteiger partial charge is 0.178 e. The Balaban J connectivity index is 2.55. The minimum Gasteiger partial charge on any atom is -0.328 e. The summed E-state index contributed by atoms with van der Waals surface area (Å²) in [5.41, 5.74) is 6.71. The van der Waals surface area contributed by atoms with Crippen LogP contribution in [0.5, 0.6) is 0 Å². The molecule has 0 aromatic heterocycles. The summed E-state index contributed by atoms with van der Waals surface area (Å²) in [6.45, 7) is 7.82. The number of rotatable bonds is 3. The average molecular weight is 310 g/mol. The second kappa shape index (κ2) is 5.38. The minimum atomic E-state index is -3.18. The van der Waals surface area contributed by atoms with Crippen molar-refractivity contribution in [3.63, 3.8) is 0 Å². The van der Waals surface area contributed by atoms with Gasteiger partial charge in [-0.1, -0.05) is 39.0 Å². The molecule has 2 N–H and O–H groups in total. The summed E-state index contributed by atoms with van der Waals surface area (Å²) in [5, 5.41) is 0. The van der Waals surface area contributed by atoms with Crippen LogP contribution in [-0.4, -0.2) is 39.2 Å². The van der Waals surface area contributed by atoms with Gasteiger partial charge >= 0.3 is 0 Å². The van der Waals surface area contributed by atoms with E-state index in [9.17, 15) is 8.42 Å². The van der Waals surface area contributed by atoms with E-state index in [-0.39, 0.29) is 11.2 Å². The average Bonchev–Trinajstić information content (AvgIpc) is 2.38. The van der Waals surface area contributed by atoms with E-state index in [4.69, 9.17) is 5.73 Å². The molecule has 1 aliphatic rings. The lowest BCUT2D eigenvalue weighted by Crippen LogP contribution is -2.54. The molecule has 1 unspecified atom stereocenters. The van der Waals surface area contributed by atoms with Crippen LogP contribution in [0.25, 0.3) is 0 Å². The van der Waals surface area contributed by atoms with Crippen LogP contribution >= 0.6 is 0 Å². The predicted octanol–water partition coefficient (Wildman–Crippen LogP) is 2.00. The zero-order chi connectivity index (χ0) is 15.9. The van der Waals surface area contributed by atoms with Crippen molar-refractivity contribution < 1.29 is 8.42 Å². The Bertz CT molecular complexity index is 619. The van der Waals surface area contributed by atoms with Crippen molar-refractivity contribution in [2.75, 3.05) is 25.9 Å². The highest BCUT2D eigenvalue weighted by Gasteiger charge is 2.44. The highest BCUT2D eigenvalue weighted by molar-refractivity contribution is 7.91. The summed E-state index contributed by atoms with van der Waals surface area (Å²) in [6, 6.07) is 7.30. The Kier molecular flexibility index (Phi) is 4.21. The van der Waals surface area contributed by atoms with Crippen LogP contribution in [-0.2, 0) is 15.4 Å². The molecule has 1 aromatic rings. The van der Waals surface area contributed by atoms with Gasteiger partial charge < -0.3 is 5.73 Å². The summed E-state index contributed by atoms with van der Waals surface area (Å²) in [4.78, 5) is 2.68. The number of nitrogens with zero attached hydrogens (tertiary/aromatic N) is 1. The number of fused-ring (bicyclic) bond motifs is 1. The molecule has 0 bridgehead atoms. The van der Waals surface area contributed by atoms with Crippen LogP contribution in [0.1, 0.15) is 32.8 Å². The minimum absolute atomic E-state index is 0.127. The second-order valence-electron chi connectivity index (χ2n) is 7.22. The summed E-state index contributed by atoms with van der Waals surface area (Å²) in [6.07, 6.45) is 0.551. The van der Waals surface area contributed by atoms with Crippen molar-refractivity contribution in [3.8, 4) is 0 Å². The molecule has 0 radical (unpaired) electrons. The molecule has 0 amide bonds. The molecule has 5 heteroatoms. The van der Waals surface area contributed by atoms with Gasteiger partial charge in [-0.3, -0.25) is 4.90 Å². The number of nitrogens with two attached hydrogens (primary N) is 1. The summed E-state index contributed by atoms with van der Waals surface area (Å²) >= 11 is 0. The zero-order valence-corrected chi connectivity index (χ0v) is 14.2. The standard InChI is InChI=1S/C16H26N2O2S/c1-15(2,3)12-18(4)16(11-17)9-10-21(19,20)14-8-6-5-7-13(14)16/h5-8H,9-12,17H2,1-4H3. The van der Waals surface area contributed by atoms with Gasteiger partial charge in [-0.2, -0.15) is 0 Å². The van der Waals surface area contributed by atoms with Gasteiger partial charge in [0.2, 0.25) is 0 Å². The lowest BCUT2D eigenvalue weighted by molar-refractivity contribution is 0.0767. The number of likely N-dealkylation sites (N-methyl/N-ethyl adjacent to an activating group) is 1. The third-order valence-electron chi connectivity index (χ3n) is 4.29. The van der Waals surface area contributed by atoms with Crippen molar-refractivity contribution in [3.05, 3.63) is 29.8 Å². The third kappa shape index (κ3) is 3.00. The first-order valence-corrected chi connectivity index (χ1v) is 9.01. The van der Waals surface area contributed by atoms with E-state index >= 15 is 0 Å². The first-order valence-electron chi connectivity index (χ1n) is 7.36. The Morgan fingerprint density at radius 1 is 1.29 bits per heavy atom. The van der Waals surface area contributed by atoms with Crippen LogP contribution < -0.4 is 5.73 Å². The first-order chi connectivity index (χ1) is 9.62. The number of sulfone groups is 1. The number of hydrogen-bond donors (Lipinski definition) is 1. The summed E-state index contributed by atoms with van der Waals surface area (Å²) < 4.78 is 24.7. The van der Waals surface area contributed by atoms with Gasteiger partial charge in [-0.05, 0) is 30.5 Å². The third-order valence-corrected chi connectivity index (χ3v) is 6.06. The van der Waals surface area contributed by atoms with E-state index in [0.717, 1.165) is 12.1 Å². The van der Waals surface area contributed by atoms with Gasteiger partial charge in [0.15, 0.2) is 9.84 Å². The van der Waals surface area contributed by atoms with E-state index in [2.05, 4.69) is 25.7 Å². The van der Waals surface area contributed by atoms with Gasteiger partial charge in [0.1, 0.15) is 0 Å². The molecule has 1 heterocycles. The van der Waals surface area contributed by atoms with E-state index in [0.29, 0.717) is 17.9 Å². The van der Waals surface area contributed by atoms with Crippen LogP contribution in [0.2, 0.25) is 0 Å². The van der Waals surface area contributed by atoms with Crippen molar-refractivity contribution >= 4 is 9.84 Å². The Labute approximate surface area is 128 Å². The number of hydrogen-bond acceptors (Lipinski definition) is 4. The topological polar surface area (TPSA) is 63.4 Å². The van der Waals surface area contributed by atoms with Gasteiger partial charge in [-0.25, -0.2) is 8.42 Å². The molecule has 118 valence electrons. The highest BCUT2D eigenvalue weighted by Crippen LogP contribution is 2.41. The Morgan fingerprint density at radius 3 is 2.48 bits per heavy atom. The summed E-state index contributed by atoms with van der Waals surface area (Å²) in [5.74, 6) is 0.162. The van der Waals surface area contributed by atoms with Crippen LogP contribution in [0.4, 0.5) is 0 Å². The molecule has 1 atom stereocenters. The molecule has 0 fully saturated rings. The van der Waals surface area contributed by atoms with Crippen LogP contribution in [0, 0.1) is 5.41 Å². The Morgan fingerprint density at radius 2 is 1.90 bits per heavy atom. The molecule has 4 nitrogen and oxygen atoms in total. The first kappa shape index (κ1) is 16.5. The maximum absolute atomic E-state index is 12.3. The van der Waals surface area contributed by atoms with E-state index < -0.39 is 15.4 Å². The largest absolute Gasteiger partial charge is 0.328 e. The lowest BCUT2D eigenvalue weighted by Gasteiger charge is -2.47. The van der Waals surface area contributed by atoms with Gasteiger partial charge in [0.25, 0.3) is 0 Å². The molecule has 0 saturated heterocycles.